The second-order valence-electron chi connectivity index (χ2n) is 17.2. The number of hydrogen-bond acceptors (Lipinski definition) is 13. The van der Waals surface area contributed by atoms with E-state index in [1.807, 2.05) is 39.0 Å². The van der Waals surface area contributed by atoms with Crippen molar-refractivity contribution in [3.63, 3.8) is 0 Å². The van der Waals surface area contributed by atoms with Gasteiger partial charge in [-0.05, 0) is 68.6 Å². The number of carbonyl (C=O) groups excluding carboxylic acids is 4. The number of Topliss-reactive ketones (excluding diaryl/α,β-unsaturated/α-hetero) is 1. The predicted octanol–water partition coefficient (Wildman–Crippen LogP) is 4.21. The van der Waals surface area contributed by atoms with E-state index in [1.54, 1.807) is 26.8 Å². The Morgan fingerprint density at radius 2 is 1.79 bits per heavy atom. The number of nitro groups is 1. The molecule has 0 unspecified atom stereocenters. The van der Waals surface area contributed by atoms with Crippen LogP contribution >= 0.6 is 0 Å². The first-order chi connectivity index (χ1) is 26.2. The van der Waals surface area contributed by atoms with Crippen molar-refractivity contribution in [1.82, 2.24) is 5.32 Å². The first-order valence-corrected chi connectivity index (χ1v) is 19.3. The van der Waals surface area contributed by atoms with Gasteiger partial charge in [0.25, 0.3) is 0 Å². The van der Waals surface area contributed by atoms with E-state index < -0.39 is 111 Å². The molecule has 4 N–H and O–H groups in total. The van der Waals surface area contributed by atoms with Crippen LogP contribution in [0.25, 0.3) is 0 Å². The first kappa shape index (κ1) is 41.5. The molecule has 1 amide bonds. The minimum atomic E-state index is -2.10. The van der Waals surface area contributed by atoms with Crippen LogP contribution in [-0.4, -0.2) is 99.4 Å². The number of ether oxygens (including phenoxy) is 4. The molecule has 15 atom stereocenters. The smallest absolute Gasteiger partial charge is 0.407 e. The van der Waals surface area contributed by atoms with Gasteiger partial charge in [0.1, 0.15) is 23.7 Å². The van der Waals surface area contributed by atoms with Gasteiger partial charge in [0, 0.05) is 35.5 Å². The van der Waals surface area contributed by atoms with Crippen LogP contribution in [0.4, 0.5) is 4.79 Å². The zero-order valence-electron chi connectivity index (χ0n) is 33.1. The van der Waals surface area contributed by atoms with E-state index in [0.29, 0.717) is 18.3 Å². The number of hydrogen-bond donors (Lipinski definition) is 4. The average molecular weight is 783 g/mol. The summed E-state index contributed by atoms with van der Waals surface area (Å²) in [5, 5.41) is 50.6. The number of fused-ring (bicyclic) bond motifs is 4. The maximum Gasteiger partial charge on any atom is 0.407 e. The number of amides is 1. The lowest BCUT2D eigenvalue weighted by molar-refractivity contribution is -0.584. The number of esters is 1. The van der Waals surface area contributed by atoms with Crippen molar-refractivity contribution < 1.29 is 58.4 Å². The highest BCUT2D eigenvalue weighted by atomic mass is 16.7. The van der Waals surface area contributed by atoms with E-state index in [2.05, 4.69) is 5.32 Å². The van der Waals surface area contributed by atoms with Gasteiger partial charge >= 0.3 is 12.1 Å². The topological polar surface area (TPSA) is 221 Å². The number of aldehydes is 1. The second kappa shape index (κ2) is 15.0. The molecule has 2 aliphatic heterocycles. The summed E-state index contributed by atoms with van der Waals surface area (Å²) in [6, 6.07) is -1.07. The third kappa shape index (κ3) is 6.53. The van der Waals surface area contributed by atoms with Crippen molar-refractivity contribution in [3.05, 3.63) is 68.5 Å². The van der Waals surface area contributed by atoms with Crippen LogP contribution in [0.5, 0.6) is 0 Å². The van der Waals surface area contributed by atoms with Gasteiger partial charge in [-0.2, -0.15) is 0 Å². The molecule has 6 rings (SSSR count). The summed E-state index contributed by atoms with van der Waals surface area (Å²) < 4.78 is 23.4. The van der Waals surface area contributed by atoms with Crippen molar-refractivity contribution in [2.75, 3.05) is 7.11 Å². The van der Waals surface area contributed by atoms with Crippen molar-refractivity contribution in [1.29, 1.82) is 0 Å². The van der Waals surface area contributed by atoms with E-state index in [4.69, 9.17) is 18.9 Å². The first-order valence-electron chi connectivity index (χ1n) is 19.3. The molecule has 4 aliphatic carbocycles. The van der Waals surface area contributed by atoms with Crippen LogP contribution < -0.4 is 5.32 Å². The van der Waals surface area contributed by atoms with E-state index in [-0.39, 0.29) is 36.7 Å². The quantitative estimate of drug-likeness (QED) is 0.0768. The van der Waals surface area contributed by atoms with Crippen LogP contribution in [0, 0.1) is 51.0 Å². The Balaban J connectivity index is 1.51. The lowest BCUT2D eigenvalue weighted by Crippen LogP contribution is -2.65. The highest BCUT2D eigenvalue weighted by molar-refractivity contribution is 6.26. The fourth-order valence-corrected chi connectivity index (χ4v) is 10.8. The Hall–Kier alpha value is -4.18. The maximum absolute atomic E-state index is 14.9. The number of methoxy groups -OCH3 is 1. The van der Waals surface area contributed by atoms with Crippen LogP contribution in [0.2, 0.25) is 0 Å². The van der Waals surface area contributed by atoms with Gasteiger partial charge in [0.15, 0.2) is 11.9 Å². The fourth-order valence-electron chi connectivity index (χ4n) is 10.8. The number of rotatable bonds is 5. The molecule has 306 valence electrons. The largest absolute Gasteiger partial charge is 0.511 e. The van der Waals surface area contributed by atoms with E-state index in [1.165, 1.54) is 13.0 Å². The number of alkyl carbamates (subject to hydrolysis) is 1. The third-order valence-electron chi connectivity index (χ3n) is 13.7. The maximum atomic E-state index is 14.9. The van der Waals surface area contributed by atoms with Crippen LogP contribution in [0.15, 0.2) is 58.4 Å². The molecule has 1 spiro atoms. The summed E-state index contributed by atoms with van der Waals surface area (Å²) in [7, 11) is 1.15. The van der Waals surface area contributed by atoms with Gasteiger partial charge in [-0.15, -0.1) is 0 Å². The molecule has 2 heterocycles. The predicted molar refractivity (Wildman–Crippen MR) is 199 cm³/mol. The molecule has 0 aromatic rings. The molecule has 15 nitrogen and oxygen atoms in total. The average Bonchev–Trinajstić information content (AvgIpc) is 3.38. The minimum absolute atomic E-state index is 0.0397. The van der Waals surface area contributed by atoms with Gasteiger partial charge in [-0.1, -0.05) is 50.6 Å². The summed E-state index contributed by atoms with van der Waals surface area (Å²) in [6.07, 6.45) is 3.32. The molecule has 0 aromatic heterocycles. The highest BCUT2D eigenvalue weighted by Crippen LogP contribution is 2.60. The number of allylic oxidation sites excluding steroid dienone is 3. The summed E-state index contributed by atoms with van der Waals surface area (Å²) in [5.74, 6) is -5.13. The molecule has 1 saturated carbocycles. The number of aliphatic hydroxyl groups is 3. The molecule has 0 radical (unpaired) electrons. The molecule has 6 aliphatic rings. The van der Waals surface area contributed by atoms with Gasteiger partial charge < -0.3 is 39.6 Å². The lowest BCUT2D eigenvalue weighted by Gasteiger charge is -2.55. The molecule has 3 fully saturated rings. The Bertz CT molecular complexity index is 1830. The minimum Gasteiger partial charge on any atom is -0.511 e. The molecule has 2 bridgehead atoms. The van der Waals surface area contributed by atoms with Crippen molar-refractivity contribution >= 4 is 24.1 Å². The normalized spacial score (nSPS) is 44.8. The standard InChI is InChI=1S/C41H54N2O13/c1-19-9-12-29(55-30-17-39(6,43(51)52)34(23(5)54-30)42-38(50)53-8)20(2)14-27-28(45)15-24(18-44)16-41(27)36(48)31(37(49)56-41)35(47)40(7)26(19)11-10-25-32(40)21(3)13-22(4)33(25)46/h9-11,14-15,18,21-23,25-30,32-34,45-47H,12-13,16-17H2,1-8H3,(H,42,50)/b19-9+,20-14?,35-31?/t21-,22-,23-,25-,26-,27+,28-,29-,30+,32+,33-,34+,39+,40+,41-/m1/s1. The molecule has 2 saturated heterocycles. The SMILES string of the molecule is COC(=O)N[C@H]1[C@@H](C)O[C@@H](O[C@@H]2C/C=C(\C)[C@H]3C=C[C@H]4[C@H](O)[C@H](C)C[C@@H](C)[C@@H]4[C@@]3(C)C(O)=C3C(=O)O[C@@]4(CC(C=O)=C[C@@H](O)[C@@H]4C=C2C)C3=O)C[C@]1(C)[N+](=O)[O-]. The lowest BCUT2D eigenvalue weighted by atomic mass is 9.49. The second-order valence-corrected chi connectivity index (χ2v) is 17.2. The monoisotopic (exact) mass is 782 g/mol. The number of aliphatic hydroxyl groups excluding tert-OH is 3. The Labute approximate surface area is 326 Å². The van der Waals surface area contributed by atoms with Crippen LogP contribution in [0.3, 0.4) is 0 Å². The molecule has 56 heavy (non-hydrogen) atoms. The van der Waals surface area contributed by atoms with Crippen LogP contribution in [0.1, 0.15) is 74.1 Å². The van der Waals surface area contributed by atoms with Gasteiger partial charge in [0.05, 0.1) is 43.9 Å². The zero-order valence-corrected chi connectivity index (χ0v) is 33.1. The molecular weight excluding hydrogens is 728 g/mol. The molecule has 15 heteroatoms. The van der Waals surface area contributed by atoms with Gasteiger partial charge in [-0.3, -0.25) is 19.7 Å². The van der Waals surface area contributed by atoms with Crippen LogP contribution in [-0.2, 0) is 33.3 Å². The highest BCUT2D eigenvalue weighted by Gasteiger charge is 2.64. The number of carbonyl (C=O) groups is 4. The van der Waals surface area contributed by atoms with E-state index >= 15 is 0 Å². The summed E-state index contributed by atoms with van der Waals surface area (Å²) in [5.41, 5.74) is -4.40. The summed E-state index contributed by atoms with van der Waals surface area (Å²) in [4.78, 5) is 65.3. The number of nitrogens with one attached hydrogen (secondary N) is 1. The molecular formula is C41H54N2O13. The summed E-state index contributed by atoms with van der Waals surface area (Å²) in [6.45, 7) is 12.4. The van der Waals surface area contributed by atoms with Gasteiger partial charge in [-0.25, -0.2) is 9.59 Å². The van der Waals surface area contributed by atoms with E-state index in [0.717, 1.165) is 12.7 Å². The molecule has 0 aromatic carbocycles. The van der Waals surface area contributed by atoms with Crippen molar-refractivity contribution in [2.24, 2.45) is 40.9 Å². The summed E-state index contributed by atoms with van der Waals surface area (Å²) >= 11 is 0. The number of ketones is 1. The van der Waals surface area contributed by atoms with Crippen molar-refractivity contribution in [2.45, 2.75) is 122 Å². The Morgan fingerprint density at radius 3 is 2.43 bits per heavy atom. The number of nitrogens with zero attached hydrogens (tertiary/aromatic N) is 1. The van der Waals surface area contributed by atoms with Gasteiger partial charge in [0.2, 0.25) is 11.3 Å². The third-order valence-corrected chi connectivity index (χ3v) is 13.7. The fraction of sp³-hybridized carbons (Fsp3) is 0.659. The van der Waals surface area contributed by atoms with Crippen molar-refractivity contribution in [3.8, 4) is 0 Å². The van der Waals surface area contributed by atoms with E-state index in [9.17, 15) is 44.6 Å². The Kier molecular flexibility index (Phi) is 11.1. The Morgan fingerprint density at radius 1 is 1.09 bits per heavy atom. The zero-order chi connectivity index (χ0) is 41.2.